The second-order valence-corrected chi connectivity index (χ2v) is 7.03. The summed E-state index contributed by atoms with van der Waals surface area (Å²) in [6, 6.07) is 0.403. The van der Waals surface area contributed by atoms with Crippen LogP contribution >= 0.6 is 11.3 Å². The van der Waals surface area contributed by atoms with Gasteiger partial charge in [0.15, 0.2) is 0 Å². The number of amides is 2. The number of hydrogen-bond donors (Lipinski definition) is 0. The molecule has 1 aromatic rings. The number of piperidine rings is 1. The van der Waals surface area contributed by atoms with Crippen molar-refractivity contribution < 1.29 is 9.59 Å². The van der Waals surface area contributed by atoms with Gasteiger partial charge >= 0.3 is 0 Å². The van der Waals surface area contributed by atoms with Crippen molar-refractivity contribution in [2.45, 2.75) is 45.2 Å². The minimum Gasteiger partial charge on any atom is -0.339 e. The minimum atomic E-state index is -0.0469. The van der Waals surface area contributed by atoms with Crippen molar-refractivity contribution in [2.75, 3.05) is 13.6 Å². The number of rotatable bonds is 4. The molecule has 2 heterocycles. The fourth-order valence-corrected chi connectivity index (χ4v) is 3.70. The molecule has 6 heteroatoms. The smallest absolute Gasteiger partial charge is 0.227 e. The molecule has 1 aliphatic heterocycles. The maximum atomic E-state index is 12.6. The summed E-state index contributed by atoms with van der Waals surface area (Å²) < 4.78 is 0. The lowest BCUT2D eigenvalue weighted by atomic mass is 9.96. The highest BCUT2D eigenvalue weighted by molar-refractivity contribution is 7.09. The summed E-state index contributed by atoms with van der Waals surface area (Å²) in [7, 11) is 1.83. The number of carbonyl (C=O) groups excluding carboxylic acids is 2. The predicted octanol–water partition coefficient (Wildman–Crippen LogP) is 1.81. The fourth-order valence-electron chi connectivity index (χ4n) is 2.88. The number of hydrogen-bond acceptors (Lipinski definition) is 4. The third-order valence-corrected chi connectivity index (χ3v) is 5.15. The average molecular weight is 307 g/mol. The molecule has 114 valence electrons. The molecule has 0 N–H and O–H groups in total. The second kappa shape index (κ2) is 5.75. The highest BCUT2D eigenvalue weighted by atomic mass is 32.1. The molecule has 0 radical (unpaired) electrons. The molecule has 3 rings (SSSR count). The van der Waals surface area contributed by atoms with Crippen LogP contribution in [0.15, 0.2) is 5.38 Å². The van der Waals surface area contributed by atoms with Gasteiger partial charge in [0.05, 0.1) is 12.5 Å². The molecule has 0 bridgehead atoms. The molecule has 2 amide bonds. The molecule has 1 saturated heterocycles. The minimum absolute atomic E-state index is 0.0469. The summed E-state index contributed by atoms with van der Waals surface area (Å²) in [6.07, 6.45) is 3.39. The summed E-state index contributed by atoms with van der Waals surface area (Å²) in [5.74, 6) is 0.315. The van der Waals surface area contributed by atoms with Gasteiger partial charge in [0.1, 0.15) is 5.01 Å². The Morgan fingerprint density at radius 1 is 1.48 bits per heavy atom. The van der Waals surface area contributed by atoms with Gasteiger partial charge in [-0.3, -0.25) is 9.59 Å². The Hall–Kier alpha value is -1.43. The van der Waals surface area contributed by atoms with Gasteiger partial charge in [-0.25, -0.2) is 4.98 Å². The van der Waals surface area contributed by atoms with Gasteiger partial charge in [-0.1, -0.05) is 0 Å². The lowest BCUT2D eigenvalue weighted by molar-refractivity contribution is -0.143. The molecule has 2 fully saturated rings. The highest BCUT2D eigenvalue weighted by Gasteiger charge is 2.39. The first-order chi connectivity index (χ1) is 10.0. The van der Waals surface area contributed by atoms with Crippen LogP contribution in [0.3, 0.4) is 0 Å². The van der Waals surface area contributed by atoms with Crippen LogP contribution in [0, 0.1) is 12.8 Å². The highest BCUT2D eigenvalue weighted by Crippen LogP contribution is 2.32. The van der Waals surface area contributed by atoms with Crippen LogP contribution in [-0.4, -0.2) is 46.2 Å². The van der Waals surface area contributed by atoms with Crippen LogP contribution < -0.4 is 0 Å². The van der Waals surface area contributed by atoms with E-state index in [1.54, 1.807) is 16.2 Å². The zero-order valence-corrected chi connectivity index (χ0v) is 13.4. The van der Waals surface area contributed by atoms with Crippen LogP contribution in [0.5, 0.6) is 0 Å². The van der Waals surface area contributed by atoms with Crippen LogP contribution in [0.25, 0.3) is 0 Å². The van der Waals surface area contributed by atoms with Crippen molar-refractivity contribution in [1.29, 1.82) is 0 Å². The van der Waals surface area contributed by atoms with E-state index in [9.17, 15) is 9.59 Å². The molecule has 1 atom stereocenters. The van der Waals surface area contributed by atoms with Crippen molar-refractivity contribution >= 4 is 23.2 Å². The van der Waals surface area contributed by atoms with E-state index in [-0.39, 0.29) is 17.7 Å². The summed E-state index contributed by atoms with van der Waals surface area (Å²) in [4.78, 5) is 32.6. The first-order valence-corrected chi connectivity index (χ1v) is 8.38. The summed E-state index contributed by atoms with van der Waals surface area (Å²) >= 11 is 1.59. The van der Waals surface area contributed by atoms with Gasteiger partial charge in [0.2, 0.25) is 11.8 Å². The second-order valence-electron chi connectivity index (χ2n) is 6.09. The maximum Gasteiger partial charge on any atom is 0.227 e. The van der Waals surface area contributed by atoms with E-state index >= 15 is 0 Å². The SMILES string of the molecule is Cc1csc(CN(C)C(=O)C2CCC(=O)N(C3CC3)C2)n1. The Morgan fingerprint density at radius 3 is 2.86 bits per heavy atom. The van der Waals surface area contributed by atoms with Crippen molar-refractivity contribution in [3.8, 4) is 0 Å². The molecule has 1 aromatic heterocycles. The van der Waals surface area contributed by atoms with Gasteiger partial charge < -0.3 is 9.80 Å². The van der Waals surface area contributed by atoms with Gasteiger partial charge in [-0.2, -0.15) is 0 Å². The van der Waals surface area contributed by atoms with E-state index in [0.717, 1.165) is 23.5 Å². The van der Waals surface area contributed by atoms with Crippen molar-refractivity contribution in [3.63, 3.8) is 0 Å². The van der Waals surface area contributed by atoms with Gasteiger partial charge in [-0.05, 0) is 26.2 Å². The Morgan fingerprint density at radius 2 is 2.24 bits per heavy atom. The Kier molecular flexibility index (Phi) is 3.97. The molecule has 1 aliphatic carbocycles. The van der Waals surface area contributed by atoms with Crippen molar-refractivity contribution in [2.24, 2.45) is 5.92 Å². The molecule has 0 spiro atoms. The van der Waals surface area contributed by atoms with E-state index in [4.69, 9.17) is 0 Å². The normalized spacial score (nSPS) is 22.5. The van der Waals surface area contributed by atoms with Crippen molar-refractivity contribution in [1.82, 2.24) is 14.8 Å². The summed E-state index contributed by atoms with van der Waals surface area (Å²) in [5, 5.41) is 2.97. The summed E-state index contributed by atoms with van der Waals surface area (Å²) in [5.41, 5.74) is 0.999. The Labute approximate surface area is 129 Å². The van der Waals surface area contributed by atoms with Crippen LogP contribution in [0.1, 0.15) is 36.4 Å². The molecule has 21 heavy (non-hydrogen) atoms. The van der Waals surface area contributed by atoms with Gasteiger partial charge in [0, 0.05) is 37.1 Å². The molecular formula is C15H21N3O2S. The van der Waals surface area contributed by atoms with E-state index in [1.807, 2.05) is 24.3 Å². The fraction of sp³-hybridized carbons (Fsp3) is 0.667. The molecule has 1 saturated carbocycles. The van der Waals surface area contributed by atoms with Crippen LogP contribution in [0.4, 0.5) is 0 Å². The zero-order valence-electron chi connectivity index (χ0n) is 12.5. The Balaban J connectivity index is 1.60. The Bertz CT molecular complexity index is 553. The van der Waals surface area contributed by atoms with Gasteiger partial charge in [0.25, 0.3) is 0 Å². The number of thiazole rings is 1. The third-order valence-electron chi connectivity index (χ3n) is 4.20. The molecule has 2 aliphatic rings. The predicted molar refractivity (Wildman–Crippen MR) is 80.8 cm³/mol. The third kappa shape index (κ3) is 3.26. The van der Waals surface area contributed by atoms with E-state index in [0.29, 0.717) is 32.0 Å². The number of carbonyl (C=O) groups is 2. The quantitative estimate of drug-likeness (QED) is 0.852. The molecular weight excluding hydrogens is 286 g/mol. The largest absolute Gasteiger partial charge is 0.339 e. The van der Waals surface area contributed by atoms with Crippen molar-refractivity contribution in [3.05, 3.63) is 16.1 Å². The number of aromatic nitrogens is 1. The molecule has 1 unspecified atom stereocenters. The van der Waals surface area contributed by atoms with Gasteiger partial charge in [-0.15, -0.1) is 11.3 Å². The lowest BCUT2D eigenvalue weighted by Gasteiger charge is -2.33. The first kappa shape index (κ1) is 14.5. The van der Waals surface area contributed by atoms with E-state index < -0.39 is 0 Å². The summed E-state index contributed by atoms with van der Waals surface area (Å²) in [6.45, 7) is 3.12. The maximum absolute atomic E-state index is 12.6. The first-order valence-electron chi connectivity index (χ1n) is 7.50. The van der Waals surface area contributed by atoms with Crippen LogP contribution in [0.2, 0.25) is 0 Å². The van der Waals surface area contributed by atoms with E-state index in [1.165, 1.54) is 0 Å². The van der Waals surface area contributed by atoms with E-state index in [2.05, 4.69) is 4.98 Å². The number of aryl methyl sites for hydroxylation is 1. The lowest BCUT2D eigenvalue weighted by Crippen LogP contribution is -2.46. The van der Waals surface area contributed by atoms with Crippen LogP contribution in [-0.2, 0) is 16.1 Å². The molecule has 5 nitrogen and oxygen atoms in total. The average Bonchev–Trinajstić information content (AvgIpc) is 3.22. The standard InChI is InChI=1S/C15H21N3O2S/c1-10-9-21-13(16-10)8-17(2)15(20)11-3-6-14(19)18(7-11)12-4-5-12/h9,11-12H,3-8H2,1-2H3. The zero-order chi connectivity index (χ0) is 15.0. The topological polar surface area (TPSA) is 53.5 Å². The number of nitrogens with zero attached hydrogens (tertiary/aromatic N) is 3. The monoisotopic (exact) mass is 307 g/mol. The molecule has 0 aromatic carbocycles. The number of likely N-dealkylation sites (tertiary alicyclic amines) is 1.